The van der Waals surface area contributed by atoms with Crippen molar-refractivity contribution in [1.82, 2.24) is 4.90 Å². The van der Waals surface area contributed by atoms with Gasteiger partial charge < -0.3 is 9.64 Å². The van der Waals surface area contributed by atoms with Crippen LogP contribution in [0, 0.1) is 12.8 Å². The third kappa shape index (κ3) is 3.53. The second kappa shape index (κ2) is 7.74. The van der Waals surface area contributed by atoms with E-state index in [1.807, 2.05) is 31.2 Å². The Labute approximate surface area is 171 Å². The summed E-state index contributed by atoms with van der Waals surface area (Å²) in [7, 11) is 1.57. The van der Waals surface area contributed by atoms with Gasteiger partial charge in [0.25, 0.3) is 11.8 Å². The Morgan fingerprint density at radius 1 is 0.966 bits per heavy atom. The topological polar surface area (TPSA) is 49.9 Å². The number of benzene rings is 2. The van der Waals surface area contributed by atoms with Crippen LogP contribution in [-0.2, 0) is 9.59 Å². The van der Waals surface area contributed by atoms with E-state index in [4.69, 9.17) is 4.74 Å². The van der Waals surface area contributed by atoms with Crippen LogP contribution >= 0.6 is 0 Å². The SMILES string of the molecule is COc1cccc(N2C(=O)C(c3ccc(C)cc3)=C(N3CCC(C)CC3)C2=O)c1. The molecule has 1 fully saturated rings. The van der Waals surface area contributed by atoms with Gasteiger partial charge in [0.05, 0.1) is 18.4 Å². The lowest BCUT2D eigenvalue weighted by atomic mass is 9.97. The lowest BCUT2D eigenvalue weighted by Crippen LogP contribution is -2.38. The van der Waals surface area contributed by atoms with E-state index < -0.39 is 0 Å². The van der Waals surface area contributed by atoms with Gasteiger partial charge >= 0.3 is 0 Å². The zero-order valence-electron chi connectivity index (χ0n) is 17.1. The van der Waals surface area contributed by atoms with E-state index in [9.17, 15) is 9.59 Å². The summed E-state index contributed by atoms with van der Waals surface area (Å²) in [5, 5.41) is 0. The van der Waals surface area contributed by atoms with Crippen molar-refractivity contribution in [3.63, 3.8) is 0 Å². The molecule has 2 heterocycles. The minimum absolute atomic E-state index is 0.256. The third-order valence-electron chi connectivity index (χ3n) is 5.81. The Balaban J connectivity index is 1.80. The van der Waals surface area contributed by atoms with Crippen LogP contribution in [0.5, 0.6) is 5.75 Å². The van der Waals surface area contributed by atoms with Crippen molar-refractivity contribution in [1.29, 1.82) is 0 Å². The van der Waals surface area contributed by atoms with Gasteiger partial charge in [0.2, 0.25) is 0 Å². The predicted octanol–water partition coefficient (Wildman–Crippen LogP) is 4.02. The first-order chi connectivity index (χ1) is 14.0. The minimum Gasteiger partial charge on any atom is -0.497 e. The quantitative estimate of drug-likeness (QED) is 0.740. The highest BCUT2D eigenvalue weighted by Crippen LogP contribution is 2.37. The van der Waals surface area contributed by atoms with Crippen LogP contribution in [0.15, 0.2) is 54.2 Å². The summed E-state index contributed by atoms with van der Waals surface area (Å²) in [5.74, 6) is 0.714. The maximum atomic E-state index is 13.5. The van der Waals surface area contributed by atoms with Crippen LogP contribution in [0.3, 0.4) is 0 Å². The van der Waals surface area contributed by atoms with Crippen molar-refractivity contribution in [2.75, 3.05) is 25.1 Å². The molecule has 2 aliphatic heterocycles. The zero-order valence-corrected chi connectivity index (χ0v) is 17.1. The molecule has 150 valence electrons. The molecule has 4 rings (SSSR count). The number of carbonyl (C=O) groups is 2. The summed E-state index contributed by atoms with van der Waals surface area (Å²) in [4.78, 5) is 30.4. The highest BCUT2D eigenvalue weighted by atomic mass is 16.5. The molecule has 0 aliphatic carbocycles. The van der Waals surface area contributed by atoms with Crippen LogP contribution in [0.4, 0.5) is 5.69 Å². The molecule has 2 aromatic carbocycles. The molecule has 0 aromatic heterocycles. The first-order valence-electron chi connectivity index (χ1n) is 10.1. The zero-order chi connectivity index (χ0) is 20.5. The van der Waals surface area contributed by atoms with Crippen LogP contribution < -0.4 is 9.64 Å². The lowest BCUT2D eigenvalue weighted by molar-refractivity contribution is -0.120. The molecular formula is C24H26N2O3. The van der Waals surface area contributed by atoms with Gasteiger partial charge in [-0.2, -0.15) is 0 Å². The van der Waals surface area contributed by atoms with Crippen LogP contribution in [0.25, 0.3) is 5.57 Å². The number of likely N-dealkylation sites (tertiary alicyclic amines) is 1. The molecule has 0 saturated carbocycles. The lowest BCUT2D eigenvalue weighted by Gasteiger charge is -2.32. The summed E-state index contributed by atoms with van der Waals surface area (Å²) in [6.45, 7) is 5.82. The van der Waals surface area contributed by atoms with Crippen molar-refractivity contribution in [3.8, 4) is 5.75 Å². The molecule has 0 spiro atoms. The minimum atomic E-state index is -0.277. The second-order valence-corrected chi connectivity index (χ2v) is 7.91. The van der Waals surface area contributed by atoms with Gasteiger partial charge in [0.1, 0.15) is 11.4 Å². The molecule has 2 aliphatic rings. The number of aryl methyl sites for hydroxylation is 1. The summed E-state index contributed by atoms with van der Waals surface area (Å²) < 4.78 is 5.29. The molecule has 5 heteroatoms. The van der Waals surface area contributed by atoms with E-state index in [0.717, 1.165) is 37.1 Å². The summed E-state index contributed by atoms with van der Waals surface area (Å²) in [6.07, 6.45) is 2.04. The average Bonchev–Trinajstić information content (AvgIpc) is 2.99. The number of anilines is 1. The van der Waals surface area contributed by atoms with Crippen LogP contribution in [-0.4, -0.2) is 36.9 Å². The molecule has 0 radical (unpaired) electrons. The predicted molar refractivity (Wildman–Crippen MR) is 114 cm³/mol. The van der Waals surface area contributed by atoms with Gasteiger partial charge in [-0.15, -0.1) is 0 Å². The fraction of sp³-hybridized carbons (Fsp3) is 0.333. The van der Waals surface area contributed by atoms with Crippen molar-refractivity contribution < 1.29 is 14.3 Å². The van der Waals surface area contributed by atoms with E-state index in [1.165, 1.54) is 4.90 Å². The largest absolute Gasteiger partial charge is 0.497 e. The summed E-state index contributed by atoms with van der Waals surface area (Å²) in [5.41, 5.74) is 3.45. The highest BCUT2D eigenvalue weighted by Gasteiger charge is 2.43. The van der Waals surface area contributed by atoms with Crippen LogP contribution in [0.1, 0.15) is 30.9 Å². The Hall–Kier alpha value is -3.08. The van der Waals surface area contributed by atoms with Crippen molar-refractivity contribution in [3.05, 3.63) is 65.4 Å². The van der Waals surface area contributed by atoms with E-state index in [-0.39, 0.29) is 11.8 Å². The first-order valence-corrected chi connectivity index (χ1v) is 10.1. The molecule has 29 heavy (non-hydrogen) atoms. The van der Waals surface area contributed by atoms with Gasteiger partial charge in [-0.1, -0.05) is 42.8 Å². The number of hydrogen-bond acceptors (Lipinski definition) is 4. The van der Waals surface area contributed by atoms with Gasteiger partial charge in [-0.05, 0) is 43.4 Å². The molecule has 1 saturated heterocycles. The normalized spacial score (nSPS) is 18.0. The van der Waals surface area contributed by atoms with E-state index in [0.29, 0.717) is 28.6 Å². The second-order valence-electron chi connectivity index (χ2n) is 7.91. The van der Waals surface area contributed by atoms with Crippen molar-refractivity contribution in [2.24, 2.45) is 5.92 Å². The number of nitrogens with zero attached hydrogens (tertiary/aromatic N) is 2. The molecule has 2 aromatic rings. The fourth-order valence-corrected chi connectivity index (χ4v) is 4.01. The van der Waals surface area contributed by atoms with E-state index >= 15 is 0 Å². The smallest absolute Gasteiger partial charge is 0.282 e. The van der Waals surface area contributed by atoms with E-state index in [2.05, 4.69) is 11.8 Å². The highest BCUT2D eigenvalue weighted by molar-refractivity contribution is 6.45. The molecule has 0 unspecified atom stereocenters. The van der Waals surface area contributed by atoms with E-state index in [1.54, 1.807) is 31.4 Å². The molecule has 5 nitrogen and oxygen atoms in total. The number of methoxy groups -OCH3 is 1. The number of rotatable bonds is 4. The summed E-state index contributed by atoms with van der Waals surface area (Å²) >= 11 is 0. The molecule has 0 atom stereocenters. The van der Waals surface area contributed by atoms with Gasteiger partial charge in [0.15, 0.2) is 0 Å². The van der Waals surface area contributed by atoms with Crippen molar-refractivity contribution >= 4 is 23.1 Å². The molecule has 0 bridgehead atoms. The monoisotopic (exact) mass is 390 g/mol. The molecular weight excluding hydrogens is 364 g/mol. The Bertz CT molecular complexity index is 970. The third-order valence-corrected chi connectivity index (χ3v) is 5.81. The number of ether oxygens (including phenoxy) is 1. The van der Waals surface area contributed by atoms with Gasteiger partial charge in [0, 0.05) is 19.2 Å². The number of piperidine rings is 1. The fourth-order valence-electron chi connectivity index (χ4n) is 4.01. The van der Waals surface area contributed by atoms with Crippen molar-refractivity contribution in [2.45, 2.75) is 26.7 Å². The van der Waals surface area contributed by atoms with Crippen LogP contribution in [0.2, 0.25) is 0 Å². The Kier molecular flexibility index (Phi) is 5.14. The standard InChI is InChI=1S/C24H26N2O3/c1-16-7-9-18(10-8-16)21-22(25-13-11-17(2)12-14-25)24(28)26(23(21)27)19-5-4-6-20(15-19)29-3/h4-10,15,17H,11-14H2,1-3H3. The number of amides is 2. The molecule has 2 amide bonds. The summed E-state index contributed by atoms with van der Waals surface area (Å²) in [6, 6.07) is 14.9. The maximum Gasteiger partial charge on any atom is 0.282 e. The number of hydrogen-bond donors (Lipinski definition) is 0. The Morgan fingerprint density at radius 2 is 1.66 bits per heavy atom. The maximum absolute atomic E-state index is 13.5. The number of carbonyl (C=O) groups excluding carboxylic acids is 2. The first kappa shape index (κ1) is 19.2. The average molecular weight is 390 g/mol. The van der Waals surface area contributed by atoms with Gasteiger partial charge in [-0.3, -0.25) is 9.59 Å². The van der Waals surface area contributed by atoms with Gasteiger partial charge in [-0.25, -0.2) is 4.90 Å². The number of imide groups is 1. The molecule has 0 N–H and O–H groups in total. The Morgan fingerprint density at radius 3 is 2.31 bits per heavy atom.